The number of nitrogens with two attached hydrogens (primary N) is 1. The van der Waals surface area contributed by atoms with Crippen LogP contribution >= 0.6 is 0 Å². The van der Waals surface area contributed by atoms with Gasteiger partial charge in [0.1, 0.15) is 5.69 Å². The lowest BCUT2D eigenvalue weighted by atomic mass is 9.85. The van der Waals surface area contributed by atoms with E-state index >= 15 is 0 Å². The van der Waals surface area contributed by atoms with Crippen molar-refractivity contribution in [3.8, 4) is 0 Å². The van der Waals surface area contributed by atoms with Crippen LogP contribution in [0.2, 0.25) is 0 Å². The summed E-state index contributed by atoms with van der Waals surface area (Å²) < 4.78 is 0. The summed E-state index contributed by atoms with van der Waals surface area (Å²) in [4.78, 5) is 17.8. The quantitative estimate of drug-likeness (QED) is 0.831. The zero-order valence-corrected chi connectivity index (χ0v) is 12.7. The summed E-state index contributed by atoms with van der Waals surface area (Å²) in [5.74, 6) is 0.631. The molecule has 0 radical (unpaired) electrons. The summed E-state index contributed by atoms with van der Waals surface area (Å²) >= 11 is 0. The molecule has 1 amide bonds. The number of nitrogens with one attached hydrogen (secondary N) is 1. The number of anilines is 1. The number of hydrogen-bond acceptors (Lipinski definition) is 2. The first-order chi connectivity index (χ1) is 10.1. The molecule has 4 heteroatoms. The molecule has 3 N–H and O–H groups in total. The fraction of sp³-hybridized carbons (Fsp3) is 0.471. The van der Waals surface area contributed by atoms with Gasteiger partial charge in [0, 0.05) is 18.5 Å². The predicted molar refractivity (Wildman–Crippen MR) is 86.2 cm³/mol. The number of rotatable bonds is 2. The molecule has 0 aliphatic heterocycles. The minimum atomic E-state index is 0.0596. The number of aromatic amines is 1. The Balaban J connectivity index is 1.87. The maximum absolute atomic E-state index is 12.7. The second kappa shape index (κ2) is 5.43. The molecule has 1 heterocycles. The molecule has 21 heavy (non-hydrogen) atoms. The third kappa shape index (κ3) is 2.50. The minimum Gasteiger partial charge on any atom is -0.397 e. The Morgan fingerprint density at radius 2 is 2.10 bits per heavy atom. The van der Waals surface area contributed by atoms with E-state index in [9.17, 15) is 4.79 Å². The Hall–Kier alpha value is -1.97. The van der Waals surface area contributed by atoms with Crippen LogP contribution in [0.3, 0.4) is 0 Å². The Morgan fingerprint density at radius 3 is 2.81 bits per heavy atom. The Kier molecular flexibility index (Phi) is 3.62. The first-order valence-corrected chi connectivity index (χ1v) is 7.72. The topological polar surface area (TPSA) is 62.1 Å². The van der Waals surface area contributed by atoms with Crippen LogP contribution in [-0.4, -0.2) is 28.9 Å². The van der Waals surface area contributed by atoms with Crippen molar-refractivity contribution in [2.75, 3.05) is 12.8 Å². The highest BCUT2D eigenvalue weighted by Crippen LogP contribution is 2.29. The number of carbonyl (C=O) groups excluding carboxylic acids is 1. The van der Waals surface area contributed by atoms with Crippen LogP contribution in [0.5, 0.6) is 0 Å². The number of para-hydroxylation sites is 1. The van der Waals surface area contributed by atoms with Gasteiger partial charge in [-0.25, -0.2) is 0 Å². The molecule has 112 valence electrons. The van der Waals surface area contributed by atoms with Gasteiger partial charge in [0.15, 0.2) is 0 Å². The SMILES string of the molecule is CC1CCCCC1N(C)C(=O)c1cc2cccc(N)c2[nH]1. The number of aromatic nitrogens is 1. The van der Waals surface area contributed by atoms with E-state index < -0.39 is 0 Å². The number of nitrogen functional groups attached to an aromatic ring is 1. The third-order valence-corrected chi connectivity index (χ3v) is 4.80. The van der Waals surface area contributed by atoms with E-state index in [-0.39, 0.29) is 5.91 Å². The van der Waals surface area contributed by atoms with E-state index in [1.165, 1.54) is 19.3 Å². The monoisotopic (exact) mass is 285 g/mol. The highest BCUT2D eigenvalue weighted by atomic mass is 16.2. The molecule has 1 aromatic carbocycles. The van der Waals surface area contributed by atoms with Crippen LogP contribution in [0, 0.1) is 5.92 Å². The predicted octanol–water partition coefficient (Wildman–Crippen LogP) is 3.40. The molecule has 1 aliphatic rings. The summed E-state index contributed by atoms with van der Waals surface area (Å²) in [6, 6.07) is 7.97. The highest BCUT2D eigenvalue weighted by molar-refractivity contribution is 6.00. The van der Waals surface area contributed by atoms with Gasteiger partial charge in [0.2, 0.25) is 0 Å². The summed E-state index contributed by atoms with van der Waals surface area (Å²) in [5, 5.41) is 0.989. The first-order valence-electron chi connectivity index (χ1n) is 7.72. The first kappa shape index (κ1) is 14.0. The van der Waals surface area contributed by atoms with Crippen molar-refractivity contribution in [1.82, 2.24) is 9.88 Å². The van der Waals surface area contributed by atoms with E-state index in [1.54, 1.807) is 0 Å². The second-order valence-corrected chi connectivity index (χ2v) is 6.24. The van der Waals surface area contributed by atoms with Crippen molar-refractivity contribution in [3.63, 3.8) is 0 Å². The van der Waals surface area contributed by atoms with E-state index in [0.29, 0.717) is 23.3 Å². The fourth-order valence-corrected chi connectivity index (χ4v) is 3.51. The number of carbonyl (C=O) groups is 1. The number of hydrogen-bond donors (Lipinski definition) is 2. The van der Waals surface area contributed by atoms with E-state index in [4.69, 9.17) is 5.73 Å². The normalized spacial score (nSPS) is 22.4. The number of amides is 1. The molecule has 2 atom stereocenters. The van der Waals surface area contributed by atoms with Gasteiger partial charge in [-0.15, -0.1) is 0 Å². The lowest BCUT2D eigenvalue weighted by Crippen LogP contribution is -2.42. The summed E-state index contributed by atoms with van der Waals surface area (Å²) in [6.45, 7) is 2.25. The van der Waals surface area contributed by atoms with Crippen LogP contribution in [0.25, 0.3) is 10.9 Å². The van der Waals surface area contributed by atoms with Crippen molar-refractivity contribution in [2.45, 2.75) is 38.6 Å². The Bertz CT molecular complexity index is 661. The van der Waals surface area contributed by atoms with Gasteiger partial charge < -0.3 is 15.6 Å². The molecule has 1 aliphatic carbocycles. The van der Waals surface area contributed by atoms with Crippen LogP contribution < -0.4 is 5.73 Å². The number of fused-ring (bicyclic) bond motifs is 1. The summed E-state index contributed by atoms with van der Waals surface area (Å²) in [7, 11) is 1.92. The van der Waals surface area contributed by atoms with Crippen LogP contribution in [0.4, 0.5) is 5.69 Å². The minimum absolute atomic E-state index is 0.0596. The van der Waals surface area contributed by atoms with Gasteiger partial charge in [-0.3, -0.25) is 4.79 Å². The largest absolute Gasteiger partial charge is 0.397 e. The van der Waals surface area contributed by atoms with Crippen molar-refractivity contribution in [3.05, 3.63) is 30.0 Å². The van der Waals surface area contributed by atoms with Gasteiger partial charge in [0.05, 0.1) is 11.2 Å². The smallest absolute Gasteiger partial charge is 0.270 e. The van der Waals surface area contributed by atoms with Crippen LogP contribution in [0.1, 0.15) is 43.1 Å². The van der Waals surface area contributed by atoms with Gasteiger partial charge >= 0.3 is 0 Å². The van der Waals surface area contributed by atoms with Crippen LogP contribution in [-0.2, 0) is 0 Å². The lowest BCUT2D eigenvalue weighted by Gasteiger charge is -2.36. The fourth-order valence-electron chi connectivity index (χ4n) is 3.51. The maximum atomic E-state index is 12.7. The molecule has 0 saturated heterocycles. The molecule has 4 nitrogen and oxygen atoms in total. The lowest BCUT2D eigenvalue weighted by molar-refractivity contribution is 0.0624. The average molecular weight is 285 g/mol. The molecule has 0 bridgehead atoms. The summed E-state index contributed by atoms with van der Waals surface area (Å²) in [6.07, 6.45) is 4.81. The number of nitrogens with zero attached hydrogens (tertiary/aromatic N) is 1. The van der Waals surface area contributed by atoms with E-state index in [0.717, 1.165) is 17.3 Å². The van der Waals surface area contributed by atoms with Crippen molar-refractivity contribution in [2.24, 2.45) is 5.92 Å². The van der Waals surface area contributed by atoms with Crippen molar-refractivity contribution in [1.29, 1.82) is 0 Å². The van der Waals surface area contributed by atoms with Crippen molar-refractivity contribution >= 4 is 22.5 Å². The van der Waals surface area contributed by atoms with E-state index in [1.807, 2.05) is 36.2 Å². The van der Waals surface area contributed by atoms with Gasteiger partial charge in [-0.05, 0) is 30.9 Å². The van der Waals surface area contributed by atoms with Gasteiger partial charge in [0.25, 0.3) is 5.91 Å². The number of H-pyrrole nitrogens is 1. The highest BCUT2D eigenvalue weighted by Gasteiger charge is 2.29. The van der Waals surface area contributed by atoms with Crippen LogP contribution in [0.15, 0.2) is 24.3 Å². The average Bonchev–Trinajstić information content (AvgIpc) is 2.92. The summed E-state index contributed by atoms with van der Waals surface area (Å²) in [5.41, 5.74) is 8.12. The van der Waals surface area contributed by atoms with Gasteiger partial charge in [-0.1, -0.05) is 31.9 Å². The molecule has 2 aromatic rings. The molecule has 3 rings (SSSR count). The molecule has 1 aromatic heterocycles. The molecule has 1 fully saturated rings. The maximum Gasteiger partial charge on any atom is 0.270 e. The molecule has 1 saturated carbocycles. The Morgan fingerprint density at radius 1 is 1.33 bits per heavy atom. The standard InChI is InChI=1S/C17H23N3O/c1-11-6-3-4-9-15(11)20(2)17(21)14-10-12-7-5-8-13(18)16(12)19-14/h5,7-8,10-11,15,19H,3-4,6,9,18H2,1-2H3. The van der Waals surface area contributed by atoms with Gasteiger partial charge in [-0.2, -0.15) is 0 Å². The zero-order chi connectivity index (χ0) is 15.0. The van der Waals surface area contributed by atoms with E-state index in [2.05, 4.69) is 11.9 Å². The molecule has 0 spiro atoms. The molecule has 2 unspecified atom stereocenters. The second-order valence-electron chi connectivity index (χ2n) is 6.24. The zero-order valence-electron chi connectivity index (χ0n) is 12.7. The Labute approximate surface area is 125 Å². The van der Waals surface area contributed by atoms with Crippen molar-refractivity contribution < 1.29 is 4.79 Å². The molecular formula is C17H23N3O. The molecular weight excluding hydrogens is 262 g/mol. The number of benzene rings is 1. The third-order valence-electron chi connectivity index (χ3n) is 4.80.